The number of aromatic nitrogens is 1. The summed E-state index contributed by atoms with van der Waals surface area (Å²) in [7, 11) is 0. The summed E-state index contributed by atoms with van der Waals surface area (Å²) in [6, 6.07) is 16.8. The number of nitriles is 1. The Labute approximate surface area is 180 Å². The number of phenolic OH excluding ortho intramolecular Hbond substituents is 1. The second kappa shape index (κ2) is 9.95. The van der Waals surface area contributed by atoms with Crippen molar-refractivity contribution in [3.05, 3.63) is 77.0 Å². The second-order valence-corrected chi connectivity index (χ2v) is 7.81. The maximum Gasteiger partial charge on any atom is 0.163 e. The molecule has 6 heteroatoms. The lowest BCUT2D eigenvalue weighted by molar-refractivity contribution is 0.101. The van der Waals surface area contributed by atoms with Gasteiger partial charge in [0.2, 0.25) is 0 Å². The van der Waals surface area contributed by atoms with E-state index in [1.807, 2.05) is 31.2 Å². The van der Waals surface area contributed by atoms with E-state index in [-0.39, 0.29) is 11.5 Å². The molecule has 0 bridgehead atoms. The van der Waals surface area contributed by atoms with E-state index < -0.39 is 0 Å². The lowest BCUT2D eigenvalue weighted by Crippen LogP contribution is -2.02. The van der Waals surface area contributed by atoms with E-state index in [2.05, 4.69) is 11.1 Å². The van der Waals surface area contributed by atoms with Gasteiger partial charge in [0.05, 0.1) is 11.1 Å². The highest BCUT2D eigenvalue weighted by Crippen LogP contribution is 2.34. The monoisotopic (exact) mass is 418 g/mol. The molecular weight excluding hydrogens is 396 g/mol. The molecule has 152 valence electrons. The number of ether oxygens (including phenoxy) is 1. The van der Waals surface area contributed by atoms with Crippen molar-refractivity contribution in [2.75, 3.05) is 0 Å². The van der Waals surface area contributed by atoms with Gasteiger partial charge < -0.3 is 9.84 Å². The van der Waals surface area contributed by atoms with Crippen LogP contribution in [0.2, 0.25) is 0 Å². The molecule has 0 aliphatic heterocycles. The number of Topliss-reactive ketones (excluding diaryl/α,β-unsaturated/α-hetero) is 1. The van der Waals surface area contributed by atoms with Gasteiger partial charge in [0.25, 0.3) is 0 Å². The normalized spacial score (nSPS) is 10.4. The van der Waals surface area contributed by atoms with Crippen molar-refractivity contribution in [2.24, 2.45) is 0 Å². The second-order valence-electron chi connectivity index (χ2n) is 6.75. The quantitative estimate of drug-likeness (QED) is 0.483. The minimum Gasteiger partial charge on any atom is -0.507 e. The molecule has 0 unspecified atom stereocenters. The Bertz CT molecular complexity index is 1110. The average molecular weight is 419 g/mol. The molecule has 1 N–H and O–H groups in total. The molecule has 0 radical (unpaired) electrons. The molecule has 30 heavy (non-hydrogen) atoms. The molecule has 0 saturated carbocycles. The summed E-state index contributed by atoms with van der Waals surface area (Å²) in [5, 5.41) is 20.4. The van der Waals surface area contributed by atoms with Crippen LogP contribution < -0.4 is 4.74 Å². The Morgan fingerprint density at radius 1 is 1.23 bits per heavy atom. The Morgan fingerprint density at radius 2 is 2.07 bits per heavy atom. The molecule has 1 aromatic heterocycles. The van der Waals surface area contributed by atoms with Crippen LogP contribution in [0.25, 0.3) is 0 Å². The van der Waals surface area contributed by atoms with Gasteiger partial charge in [-0.25, -0.2) is 4.98 Å². The highest BCUT2D eigenvalue weighted by molar-refractivity contribution is 7.99. The summed E-state index contributed by atoms with van der Waals surface area (Å²) in [5.41, 5.74) is 2.46. The topological polar surface area (TPSA) is 83.2 Å². The van der Waals surface area contributed by atoms with Gasteiger partial charge in [-0.05, 0) is 55.3 Å². The Hall–Kier alpha value is -3.30. The number of nitrogens with zero attached hydrogens (tertiary/aromatic N) is 2. The van der Waals surface area contributed by atoms with Crippen molar-refractivity contribution >= 4 is 17.5 Å². The molecule has 0 saturated heterocycles. The van der Waals surface area contributed by atoms with Crippen LogP contribution in [-0.4, -0.2) is 15.9 Å². The van der Waals surface area contributed by atoms with Gasteiger partial charge in [-0.2, -0.15) is 5.26 Å². The van der Waals surface area contributed by atoms with Crippen LogP contribution in [0.1, 0.15) is 47.3 Å². The maximum absolute atomic E-state index is 11.7. The van der Waals surface area contributed by atoms with Crippen molar-refractivity contribution in [1.29, 1.82) is 5.26 Å². The van der Waals surface area contributed by atoms with E-state index >= 15 is 0 Å². The van der Waals surface area contributed by atoms with Crippen LogP contribution in [0.3, 0.4) is 0 Å². The molecule has 0 spiro atoms. The van der Waals surface area contributed by atoms with Crippen molar-refractivity contribution < 1.29 is 14.6 Å². The smallest absolute Gasteiger partial charge is 0.163 e. The minimum absolute atomic E-state index is 0.00495. The zero-order valence-electron chi connectivity index (χ0n) is 16.9. The number of carbonyl (C=O) groups excluding carboxylic acids is 1. The van der Waals surface area contributed by atoms with Gasteiger partial charge in [-0.15, -0.1) is 0 Å². The first-order valence-electron chi connectivity index (χ1n) is 9.64. The lowest BCUT2D eigenvalue weighted by Gasteiger charge is -2.15. The lowest BCUT2D eigenvalue weighted by atomic mass is 10.0. The first-order valence-corrected chi connectivity index (χ1v) is 10.5. The summed E-state index contributed by atoms with van der Waals surface area (Å²) < 4.78 is 5.99. The minimum atomic E-state index is -0.174. The third-order valence-corrected chi connectivity index (χ3v) is 5.53. The zero-order chi connectivity index (χ0) is 21.5. The number of ketones is 1. The summed E-state index contributed by atoms with van der Waals surface area (Å²) >= 11 is 1.43. The average Bonchev–Trinajstić information content (AvgIpc) is 2.74. The molecule has 0 aliphatic carbocycles. The fraction of sp³-hybridized carbons (Fsp3) is 0.208. The number of hydrogen-bond donors (Lipinski definition) is 1. The van der Waals surface area contributed by atoms with Gasteiger partial charge in [0.1, 0.15) is 29.2 Å². The van der Waals surface area contributed by atoms with Crippen LogP contribution in [0.15, 0.2) is 64.6 Å². The highest BCUT2D eigenvalue weighted by atomic mass is 32.2. The van der Waals surface area contributed by atoms with E-state index in [4.69, 9.17) is 4.74 Å². The number of aromatic hydroxyl groups is 1. The molecular formula is C24H22N2O3S. The van der Waals surface area contributed by atoms with Gasteiger partial charge in [-0.3, -0.25) is 4.79 Å². The molecule has 5 nitrogen and oxygen atoms in total. The number of rotatable bonds is 8. The molecule has 3 aromatic rings. The largest absolute Gasteiger partial charge is 0.507 e. The zero-order valence-corrected chi connectivity index (χ0v) is 17.7. The molecule has 1 heterocycles. The summed E-state index contributed by atoms with van der Waals surface area (Å²) in [5.74, 6) is 0.409. The number of hydrogen-bond acceptors (Lipinski definition) is 6. The third-order valence-electron chi connectivity index (χ3n) is 4.52. The van der Waals surface area contributed by atoms with E-state index in [0.717, 1.165) is 16.9 Å². The van der Waals surface area contributed by atoms with Crippen molar-refractivity contribution in [1.82, 2.24) is 4.98 Å². The molecule has 0 aliphatic rings. The fourth-order valence-electron chi connectivity index (χ4n) is 3.06. The molecule has 2 aromatic carbocycles. The molecule has 0 atom stereocenters. The Balaban J connectivity index is 1.78. The summed E-state index contributed by atoms with van der Waals surface area (Å²) in [6.45, 7) is 3.77. The number of pyridine rings is 1. The number of carbonyl (C=O) groups is 1. The molecule has 3 rings (SSSR count). The molecule has 0 amide bonds. The standard InChI is InChI=1S/C24H22N2O3S/c1-3-6-21-22(11-10-20(16(2)27)23(21)28)29-15-17-7-4-9-19(13-17)30-24-18(14-25)8-5-12-26-24/h4-5,7-13,28H,3,6,15H2,1-2H3. The van der Waals surface area contributed by atoms with Crippen molar-refractivity contribution in [3.63, 3.8) is 0 Å². The van der Waals surface area contributed by atoms with Gasteiger partial charge in [0.15, 0.2) is 5.78 Å². The van der Waals surface area contributed by atoms with Crippen molar-refractivity contribution in [2.45, 2.75) is 43.2 Å². The predicted molar refractivity (Wildman–Crippen MR) is 116 cm³/mol. The van der Waals surface area contributed by atoms with Crippen LogP contribution in [-0.2, 0) is 13.0 Å². The van der Waals surface area contributed by atoms with Crippen molar-refractivity contribution in [3.8, 4) is 17.6 Å². The predicted octanol–water partition coefficient (Wildman–Crippen LogP) is 5.54. The van der Waals surface area contributed by atoms with Gasteiger partial charge >= 0.3 is 0 Å². The van der Waals surface area contributed by atoms with Gasteiger partial charge in [-0.1, -0.05) is 37.2 Å². The first kappa shape index (κ1) is 21.4. The van der Waals surface area contributed by atoms with Crippen LogP contribution >= 0.6 is 11.8 Å². The fourth-order valence-corrected chi connectivity index (χ4v) is 3.97. The Kier molecular flexibility index (Phi) is 7.10. The maximum atomic E-state index is 11.7. The summed E-state index contributed by atoms with van der Waals surface area (Å²) in [6.07, 6.45) is 3.11. The highest BCUT2D eigenvalue weighted by Gasteiger charge is 2.16. The van der Waals surface area contributed by atoms with E-state index in [1.165, 1.54) is 18.7 Å². The van der Waals surface area contributed by atoms with E-state index in [0.29, 0.717) is 40.5 Å². The first-order chi connectivity index (χ1) is 14.5. The van der Waals surface area contributed by atoms with Crippen LogP contribution in [0.5, 0.6) is 11.5 Å². The summed E-state index contributed by atoms with van der Waals surface area (Å²) in [4.78, 5) is 17.0. The number of benzene rings is 2. The van der Waals surface area contributed by atoms with Crippen LogP contribution in [0, 0.1) is 11.3 Å². The van der Waals surface area contributed by atoms with E-state index in [1.54, 1.807) is 30.5 Å². The molecule has 0 fully saturated rings. The van der Waals surface area contributed by atoms with Crippen LogP contribution in [0.4, 0.5) is 0 Å². The number of phenols is 1. The third kappa shape index (κ3) is 5.00. The SMILES string of the molecule is CCCc1c(OCc2cccc(Sc3ncccc3C#N)c2)ccc(C(C)=O)c1O. The van der Waals surface area contributed by atoms with Gasteiger partial charge in [0, 0.05) is 16.7 Å². The Morgan fingerprint density at radius 3 is 2.80 bits per heavy atom. The van der Waals surface area contributed by atoms with E-state index in [9.17, 15) is 15.2 Å².